The molecule has 1 atom stereocenters. The summed E-state index contributed by atoms with van der Waals surface area (Å²) < 4.78 is 0. The number of rotatable bonds is 2. The van der Waals surface area contributed by atoms with Gasteiger partial charge in [-0.3, -0.25) is 5.41 Å². The highest BCUT2D eigenvalue weighted by Crippen LogP contribution is 2.15. The van der Waals surface area contributed by atoms with E-state index < -0.39 is 0 Å². The van der Waals surface area contributed by atoms with E-state index >= 15 is 0 Å². The molecule has 0 aliphatic carbocycles. The Morgan fingerprint density at radius 1 is 1.60 bits per heavy atom. The molecule has 0 saturated carbocycles. The number of hydrogen-bond donors (Lipinski definition) is 3. The lowest BCUT2D eigenvalue weighted by molar-refractivity contribution is 0.266. The van der Waals surface area contributed by atoms with Gasteiger partial charge in [0.1, 0.15) is 0 Å². The van der Waals surface area contributed by atoms with Crippen molar-refractivity contribution in [1.29, 1.82) is 5.41 Å². The van der Waals surface area contributed by atoms with Crippen molar-refractivity contribution in [3.63, 3.8) is 0 Å². The maximum atomic E-state index is 7.61. The molecule has 6 heteroatoms. The highest BCUT2D eigenvalue weighted by molar-refractivity contribution is 5.91. The van der Waals surface area contributed by atoms with Crippen molar-refractivity contribution in [2.45, 2.75) is 18.9 Å². The van der Waals surface area contributed by atoms with Crippen LogP contribution < -0.4 is 11.5 Å². The van der Waals surface area contributed by atoms with Gasteiger partial charge in [-0.2, -0.15) is 4.99 Å². The Kier molecular flexibility index (Phi) is 3.90. The van der Waals surface area contributed by atoms with Crippen molar-refractivity contribution in [2.24, 2.45) is 16.5 Å². The summed E-state index contributed by atoms with van der Waals surface area (Å²) in [7, 11) is 3.94. The molecule has 5 N–H and O–H groups in total. The first-order valence-corrected chi connectivity index (χ1v) is 5.10. The lowest BCUT2D eigenvalue weighted by atomic mass is 10.2. The minimum absolute atomic E-state index is 0.0633. The summed E-state index contributed by atoms with van der Waals surface area (Å²) in [5, 5.41) is 7.61. The number of nitrogens with one attached hydrogen (secondary N) is 1. The molecule has 1 fully saturated rings. The SMILES string of the molecule is CN(CC1CCCN1C)C(=N)N=C(N)N. The van der Waals surface area contributed by atoms with Crippen molar-refractivity contribution >= 4 is 11.9 Å². The minimum Gasteiger partial charge on any atom is -0.370 e. The van der Waals surface area contributed by atoms with Gasteiger partial charge in [-0.05, 0) is 26.4 Å². The summed E-state index contributed by atoms with van der Waals surface area (Å²) in [4.78, 5) is 7.78. The number of likely N-dealkylation sites (N-methyl/N-ethyl adjacent to an activating group) is 2. The van der Waals surface area contributed by atoms with Gasteiger partial charge in [0.2, 0.25) is 5.96 Å². The Balaban J connectivity index is 2.44. The van der Waals surface area contributed by atoms with Crippen LogP contribution in [0.1, 0.15) is 12.8 Å². The zero-order valence-electron chi connectivity index (χ0n) is 9.40. The van der Waals surface area contributed by atoms with E-state index in [1.165, 1.54) is 12.8 Å². The number of guanidine groups is 2. The molecule has 1 heterocycles. The van der Waals surface area contributed by atoms with Crippen LogP contribution in [0.2, 0.25) is 0 Å². The van der Waals surface area contributed by atoms with Crippen molar-refractivity contribution in [2.75, 3.05) is 27.2 Å². The Hall–Kier alpha value is -1.30. The van der Waals surface area contributed by atoms with Gasteiger partial charge in [-0.15, -0.1) is 0 Å². The van der Waals surface area contributed by atoms with Gasteiger partial charge < -0.3 is 21.3 Å². The van der Waals surface area contributed by atoms with Crippen LogP contribution in [0.5, 0.6) is 0 Å². The molecule has 0 aromatic heterocycles. The van der Waals surface area contributed by atoms with Crippen molar-refractivity contribution in [3.05, 3.63) is 0 Å². The first kappa shape index (κ1) is 11.8. The normalized spacial score (nSPS) is 21.3. The van der Waals surface area contributed by atoms with Crippen LogP contribution >= 0.6 is 0 Å². The van der Waals surface area contributed by atoms with Crippen LogP contribution in [0.15, 0.2) is 4.99 Å². The van der Waals surface area contributed by atoms with Gasteiger partial charge in [0.25, 0.3) is 0 Å². The molecule has 0 aromatic carbocycles. The van der Waals surface area contributed by atoms with E-state index in [1.54, 1.807) is 4.90 Å². The molecule has 1 unspecified atom stereocenters. The van der Waals surface area contributed by atoms with E-state index in [9.17, 15) is 0 Å². The van der Waals surface area contributed by atoms with E-state index in [4.69, 9.17) is 16.9 Å². The molecule has 0 radical (unpaired) electrons. The Bertz CT molecular complexity index is 257. The highest BCUT2D eigenvalue weighted by atomic mass is 15.3. The fourth-order valence-corrected chi connectivity index (χ4v) is 1.82. The summed E-state index contributed by atoms with van der Waals surface area (Å²) in [6, 6.07) is 0.504. The first-order valence-electron chi connectivity index (χ1n) is 5.10. The predicted octanol–water partition coefficient (Wildman–Crippen LogP) is -0.779. The monoisotopic (exact) mass is 212 g/mol. The molecule has 1 aliphatic heterocycles. The summed E-state index contributed by atoms with van der Waals surface area (Å²) in [6.45, 7) is 1.93. The topological polar surface area (TPSA) is 94.7 Å². The average Bonchev–Trinajstić information content (AvgIpc) is 2.50. The largest absolute Gasteiger partial charge is 0.370 e. The zero-order valence-corrected chi connectivity index (χ0v) is 9.40. The summed E-state index contributed by atoms with van der Waals surface area (Å²) in [5.41, 5.74) is 10.4. The Labute approximate surface area is 90.4 Å². The molecule has 0 amide bonds. The third kappa shape index (κ3) is 3.39. The van der Waals surface area contributed by atoms with Gasteiger partial charge in [-0.25, -0.2) is 0 Å². The fourth-order valence-electron chi connectivity index (χ4n) is 1.82. The van der Waals surface area contributed by atoms with Gasteiger partial charge in [0.05, 0.1) is 0 Å². The molecule has 0 aromatic rings. The van der Waals surface area contributed by atoms with Crippen molar-refractivity contribution in [1.82, 2.24) is 9.80 Å². The number of hydrogen-bond acceptors (Lipinski definition) is 2. The molecule has 1 aliphatic rings. The van der Waals surface area contributed by atoms with Crippen LogP contribution in [0.25, 0.3) is 0 Å². The average molecular weight is 212 g/mol. The second-order valence-electron chi connectivity index (χ2n) is 4.02. The maximum Gasteiger partial charge on any atom is 0.220 e. The third-order valence-electron chi connectivity index (χ3n) is 2.75. The summed E-state index contributed by atoms with van der Waals surface area (Å²) in [6.07, 6.45) is 2.40. The van der Waals surface area contributed by atoms with Gasteiger partial charge in [0, 0.05) is 19.6 Å². The Morgan fingerprint density at radius 3 is 2.73 bits per heavy atom. The van der Waals surface area contributed by atoms with E-state index in [-0.39, 0.29) is 11.9 Å². The van der Waals surface area contributed by atoms with Gasteiger partial charge >= 0.3 is 0 Å². The van der Waals surface area contributed by atoms with Gasteiger partial charge in [-0.1, -0.05) is 0 Å². The van der Waals surface area contributed by atoms with E-state index in [1.807, 2.05) is 7.05 Å². The Morgan fingerprint density at radius 2 is 2.27 bits per heavy atom. The molecule has 6 nitrogen and oxygen atoms in total. The quantitative estimate of drug-likeness (QED) is 0.413. The van der Waals surface area contributed by atoms with E-state index in [0.29, 0.717) is 6.04 Å². The number of likely N-dealkylation sites (tertiary alicyclic amines) is 1. The fraction of sp³-hybridized carbons (Fsp3) is 0.778. The van der Waals surface area contributed by atoms with E-state index in [0.717, 1.165) is 13.1 Å². The lowest BCUT2D eigenvalue weighted by Crippen LogP contribution is -2.39. The standard InChI is InChI=1S/C9H20N6/c1-14-5-3-4-7(14)6-15(2)9(12)13-8(10)11/h7H,3-6H2,1-2H3,(H5,10,11,12,13). The van der Waals surface area contributed by atoms with Crippen LogP contribution in [-0.4, -0.2) is 54.9 Å². The number of aliphatic imine (C=N–C) groups is 1. The lowest BCUT2D eigenvalue weighted by Gasteiger charge is -2.25. The van der Waals surface area contributed by atoms with Crippen LogP contribution in [0.4, 0.5) is 0 Å². The van der Waals surface area contributed by atoms with Gasteiger partial charge in [0.15, 0.2) is 5.96 Å². The predicted molar refractivity (Wildman–Crippen MR) is 61.8 cm³/mol. The zero-order chi connectivity index (χ0) is 11.4. The smallest absolute Gasteiger partial charge is 0.220 e. The van der Waals surface area contributed by atoms with E-state index in [2.05, 4.69) is 16.9 Å². The summed E-state index contributed by atoms with van der Waals surface area (Å²) in [5.74, 6) is 0.0573. The highest BCUT2D eigenvalue weighted by Gasteiger charge is 2.22. The number of nitrogens with zero attached hydrogens (tertiary/aromatic N) is 3. The van der Waals surface area contributed by atoms with Crippen LogP contribution in [0.3, 0.4) is 0 Å². The molecule has 1 rings (SSSR count). The number of nitrogens with two attached hydrogens (primary N) is 2. The molecule has 0 bridgehead atoms. The molecular weight excluding hydrogens is 192 g/mol. The first-order chi connectivity index (χ1) is 7.00. The second-order valence-corrected chi connectivity index (χ2v) is 4.02. The van der Waals surface area contributed by atoms with Crippen molar-refractivity contribution in [3.8, 4) is 0 Å². The minimum atomic E-state index is -0.0633. The molecule has 0 spiro atoms. The molecular formula is C9H20N6. The van der Waals surface area contributed by atoms with Crippen molar-refractivity contribution < 1.29 is 0 Å². The summed E-state index contributed by atoms with van der Waals surface area (Å²) >= 11 is 0. The molecule has 1 saturated heterocycles. The molecule has 86 valence electrons. The van der Waals surface area contributed by atoms with Crippen LogP contribution in [-0.2, 0) is 0 Å². The maximum absolute atomic E-state index is 7.61. The second kappa shape index (κ2) is 4.97. The van der Waals surface area contributed by atoms with Crippen LogP contribution in [0, 0.1) is 5.41 Å². The third-order valence-corrected chi connectivity index (χ3v) is 2.75. The molecule has 15 heavy (non-hydrogen) atoms.